The molecule has 31 heavy (non-hydrogen) atoms. The maximum atomic E-state index is 11.1. The summed E-state index contributed by atoms with van der Waals surface area (Å²) in [5, 5.41) is 10.8. The second-order valence-corrected chi connectivity index (χ2v) is 7.98. The molecule has 0 bridgehead atoms. The van der Waals surface area contributed by atoms with Crippen LogP contribution in [0.1, 0.15) is 29.5 Å². The molecule has 0 spiro atoms. The number of ether oxygens (including phenoxy) is 1. The van der Waals surface area contributed by atoms with Gasteiger partial charge in [0, 0.05) is 11.6 Å². The lowest BCUT2D eigenvalue weighted by Gasteiger charge is -2.13. The monoisotopic (exact) mass is 431 g/mol. The van der Waals surface area contributed by atoms with Crippen LogP contribution in [-0.2, 0) is 11.4 Å². The fourth-order valence-corrected chi connectivity index (χ4v) is 3.85. The van der Waals surface area contributed by atoms with E-state index in [0.29, 0.717) is 11.6 Å². The van der Waals surface area contributed by atoms with Crippen LogP contribution in [0, 0.1) is 6.92 Å². The van der Waals surface area contributed by atoms with Crippen molar-refractivity contribution >= 4 is 28.5 Å². The van der Waals surface area contributed by atoms with E-state index in [-0.39, 0.29) is 0 Å². The number of para-hydroxylation sites is 1. The molecular formula is C26H22ClNO3. The van der Waals surface area contributed by atoms with E-state index in [0.717, 1.165) is 44.5 Å². The second-order valence-electron chi connectivity index (χ2n) is 7.57. The predicted octanol–water partition coefficient (Wildman–Crippen LogP) is 6.63. The topological polar surface area (TPSA) is 59.4 Å². The van der Waals surface area contributed by atoms with E-state index in [1.54, 1.807) is 6.92 Å². The van der Waals surface area contributed by atoms with Crippen LogP contribution < -0.4 is 4.74 Å². The normalized spacial score (nSPS) is 12.0. The molecule has 0 saturated heterocycles. The summed E-state index contributed by atoms with van der Waals surface area (Å²) in [7, 11) is 0. The summed E-state index contributed by atoms with van der Waals surface area (Å²) in [6, 6.07) is 21.3. The van der Waals surface area contributed by atoms with Gasteiger partial charge in [-0.05, 0) is 59.9 Å². The molecule has 4 aromatic rings. The highest BCUT2D eigenvalue weighted by atomic mass is 35.5. The molecule has 1 N–H and O–H groups in total. The molecule has 0 aliphatic heterocycles. The Hall–Kier alpha value is -3.37. The highest BCUT2D eigenvalue weighted by Gasteiger charge is 2.13. The Bertz CT molecular complexity index is 1250. The molecule has 0 aliphatic rings. The summed E-state index contributed by atoms with van der Waals surface area (Å²) in [4.78, 5) is 15.6. The van der Waals surface area contributed by atoms with Gasteiger partial charge in [0.25, 0.3) is 0 Å². The zero-order valence-corrected chi connectivity index (χ0v) is 18.1. The van der Waals surface area contributed by atoms with Crippen molar-refractivity contribution in [3.63, 3.8) is 0 Å². The fraction of sp³-hybridized carbons (Fsp3) is 0.154. The van der Waals surface area contributed by atoms with Crippen LogP contribution in [0.25, 0.3) is 22.0 Å². The number of nitrogens with zero attached hydrogens (tertiary/aromatic N) is 1. The van der Waals surface area contributed by atoms with Crippen molar-refractivity contribution in [2.75, 3.05) is 0 Å². The van der Waals surface area contributed by atoms with Gasteiger partial charge in [0.15, 0.2) is 0 Å². The van der Waals surface area contributed by atoms with Crippen molar-refractivity contribution in [2.45, 2.75) is 26.4 Å². The summed E-state index contributed by atoms with van der Waals surface area (Å²) in [6.07, 6.45) is 1.84. The number of aliphatic carboxylic acids is 1. The Morgan fingerprint density at radius 3 is 2.58 bits per heavy atom. The van der Waals surface area contributed by atoms with E-state index in [4.69, 9.17) is 21.4 Å². The number of benzene rings is 3. The first-order valence-electron chi connectivity index (χ1n) is 10.0. The third-order valence-electron chi connectivity index (χ3n) is 5.42. The predicted molar refractivity (Wildman–Crippen MR) is 124 cm³/mol. The van der Waals surface area contributed by atoms with E-state index in [1.165, 1.54) is 0 Å². The zero-order valence-electron chi connectivity index (χ0n) is 17.3. The minimum atomic E-state index is -0.832. The molecule has 4 rings (SSSR count). The molecule has 1 heterocycles. The molecule has 0 unspecified atom stereocenters. The van der Waals surface area contributed by atoms with Gasteiger partial charge < -0.3 is 9.84 Å². The lowest BCUT2D eigenvalue weighted by atomic mass is 9.97. The number of aryl methyl sites for hydroxylation is 1. The molecule has 1 atom stereocenters. The van der Waals surface area contributed by atoms with Gasteiger partial charge in [0.05, 0.1) is 16.5 Å². The van der Waals surface area contributed by atoms with Crippen molar-refractivity contribution in [1.82, 2.24) is 4.98 Å². The summed E-state index contributed by atoms with van der Waals surface area (Å²) >= 11 is 6.35. The van der Waals surface area contributed by atoms with Gasteiger partial charge in [-0.3, -0.25) is 9.78 Å². The third kappa shape index (κ3) is 4.39. The molecular weight excluding hydrogens is 410 g/mol. The van der Waals surface area contributed by atoms with E-state index in [2.05, 4.69) is 11.1 Å². The number of pyridine rings is 1. The largest absolute Gasteiger partial charge is 0.489 e. The smallest absolute Gasteiger partial charge is 0.310 e. The van der Waals surface area contributed by atoms with E-state index in [1.807, 2.05) is 73.8 Å². The van der Waals surface area contributed by atoms with Crippen molar-refractivity contribution in [2.24, 2.45) is 0 Å². The van der Waals surface area contributed by atoms with Crippen LogP contribution in [0.15, 0.2) is 72.9 Å². The number of hydrogen-bond donors (Lipinski definition) is 1. The first-order chi connectivity index (χ1) is 14.9. The van der Waals surface area contributed by atoms with Crippen LogP contribution in [0.2, 0.25) is 5.02 Å². The van der Waals surface area contributed by atoms with Gasteiger partial charge >= 0.3 is 5.97 Å². The molecule has 0 amide bonds. The summed E-state index contributed by atoms with van der Waals surface area (Å²) < 4.78 is 6.02. The zero-order chi connectivity index (χ0) is 22.0. The number of aromatic nitrogens is 1. The molecule has 0 saturated carbocycles. The first kappa shape index (κ1) is 20.9. The molecule has 1 aromatic heterocycles. The maximum Gasteiger partial charge on any atom is 0.310 e. The molecule has 4 nitrogen and oxygen atoms in total. The Kier molecular flexibility index (Phi) is 5.92. The number of carboxylic acid groups (broad SMARTS) is 1. The second kappa shape index (κ2) is 8.78. The van der Waals surface area contributed by atoms with Crippen LogP contribution in [0.3, 0.4) is 0 Å². The van der Waals surface area contributed by atoms with E-state index < -0.39 is 11.9 Å². The van der Waals surface area contributed by atoms with Gasteiger partial charge in [-0.2, -0.15) is 0 Å². The van der Waals surface area contributed by atoms with Crippen LogP contribution in [-0.4, -0.2) is 16.1 Å². The highest BCUT2D eigenvalue weighted by Crippen LogP contribution is 2.35. The minimum Gasteiger partial charge on any atom is -0.489 e. The van der Waals surface area contributed by atoms with Crippen molar-refractivity contribution in [1.29, 1.82) is 0 Å². The number of halogens is 1. The average molecular weight is 432 g/mol. The number of carboxylic acids is 1. The van der Waals surface area contributed by atoms with Crippen LogP contribution >= 0.6 is 11.6 Å². The number of hydrogen-bond acceptors (Lipinski definition) is 3. The molecule has 0 fully saturated rings. The summed E-state index contributed by atoms with van der Waals surface area (Å²) in [5.74, 6) is -0.605. The lowest BCUT2D eigenvalue weighted by molar-refractivity contribution is -0.138. The Labute approximate surface area is 186 Å². The summed E-state index contributed by atoms with van der Waals surface area (Å²) in [5.41, 5.74) is 5.73. The number of fused-ring (bicyclic) bond motifs is 1. The Morgan fingerprint density at radius 1 is 1.10 bits per heavy atom. The molecule has 3 aromatic carbocycles. The Morgan fingerprint density at radius 2 is 1.84 bits per heavy atom. The van der Waals surface area contributed by atoms with Crippen molar-refractivity contribution < 1.29 is 14.6 Å². The van der Waals surface area contributed by atoms with Crippen molar-refractivity contribution in [3.8, 4) is 16.9 Å². The number of rotatable bonds is 6. The first-order valence-corrected chi connectivity index (χ1v) is 10.4. The van der Waals surface area contributed by atoms with Crippen molar-refractivity contribution in [3.05, 3.63) is 94.6 Å². The quantitative estimate of drug-likeness (QED) is 0.372. The van der Waals surface area contributed by atoms with Crippen LogP contribution in [0.5, 0.6) is 5.75 Å². The third-order valence-corrected chi connectivity index (χ3v) is 5.72. The SMILES string of the molecule is Cc1cnc2c(Cl)cccc2c1-c1cccc(OCc2ccc([C@H](C)C(=O)O)cc2)c1. The highest BCUT2D eigenvalue weighted by molar-refractivity contribution is 6.35. The fourth-order valence-electron chi connectivity index (χ4n) is 3.62. The molecule has 0 radical (unpaired) electrons. The molecule has 5 heteroatoms. The minimum absolute atomic E-state index is 0.396. The summed E-state index contributed by atoms with van der Waals surface area (Å²) in [6.45, 7) is 4.11. The van der Waals surface area contributed by atoms with E-state index in [9.17, 15) is 4.79 Å². The molecule has 156 valence electrons. The van der Waals surface area contributed by atoms with Gasteiger partial charge in [0.2, 0.25) is 0 Å². The lowest BCUT2D eigenvalue weighted by Crippen LogP contribution is -2.07. The van der Waals surface area contributed by atoms with Gasteiger partial charge in [-0.25, -0.2) is 0 Å². The maximum absolute atomic E-state index is 11.1. The molecule has 0 aliphatic carbocycles. The van der Waals surface area contributed by atoms with Gasteiger partial charge in [-0.1, -0.05) is 60.1 Å². The van der Waals surface area contributed by atoms with Gasteiger partial charge in [0.1, 0.15) is 12.4 Å². The average Bonchev–Trinajstić information content (AvgIpc) is 2.77. The van der Waals surface area contributed by atoms with Gasteiger partial charge in [-0.15, -0.1) is 0 Å². The standard InChI is InChI=1S/C26H22ClNO3/c1-16-14-28-25-22(7-4-8-23(25)27)24(16)20-5-3-6-21(13-20)31-15-18-9-11-19(12-10-18)17(2)26(29)30/h3-14,17H,15H2,1-2H3,(H,29,30)/t17-/m0/s1. The van der Waals surface area contributed by atoms with Crippen LogP contribution in [0.4, 0.5) is 0 Å². The van der Waals surface area contributed by atoms with E-state index >= 15 is 0 Å². The number of carbonyl (C=O) groups is 1. The Balaban J connectivity index is 1.58.